The SMILES string of the molecule is FC(F)(F)c1[c]c(C(F)(F)F)cc(C(F)(F)F)c1.FC(F)(F)c1[c]c(C(F)(F)F)cc(C(F)(F)F)c1.O=C([O-])c1ccccc1.O=C([O-])c1ccccc1.[Sn+2]. The Hall–Kier alpha value is -4.64. The Morgan fingerprint density at radius 2 is 0.582 bits per heavy atom. The van der Waals surface area contributed by atoms with E-state index in [1.165, 1.54) is 24.3 Å². The van der Waals surface area contributed by atoms with Gasteiger partial charge in [-0.25, -0.2) is 0 Å². The van der Waals surface area contributed by atoms with Crippen molar-refractivity contribution >= 4 is 35.8 Å². The van der Waals surface area contributed by atoms with E-state index in [9.17, 15) is 98.8 Å². The van der Waals surface area contributed by atoms with Gasteiger partial charge in [-0.15, -0.1) is 0 Å². The molecule has 0 saturated heterocycles. The molecule has 0 atom stereocenters. The molecule has 0 aromatic heterocycles. The number of carbonyl (C=O) groups is 2. The van der Waals surface area contributed by atoms with Crippen molar-refractivity contribution in [2.24, 2.45) is 0 Å². The summed E-state index contributed by atoms with van der Waals surface area (Å²) in [5, 5.41) is 20.2. The van der Waals surface area contributed by atoms with Gasteiger partial charge in [-0.05, 0) is 35.4 Å². The molecule has 0 aliphatic rings. The number of aromatic carboxylic acids is 2. The number of carboxylic acids is 2. The molecule has 0 heterocycles. The topological polar surface area (TPSA) is 80.3 Å². The molecule has 23 heteroatoms. The van der Waals surface area contributed by atoms with E-state index >= 15 is 0 Å². The van der Waals surface area contributed by atoms with E-state index < -0.39 is 107 Å². The van der Waals surface area contributed by atoms with E-state index in [1.54, 1.807) is 36.4 Å². The maximum atomic E-state index is 12.2. The molecule has 4 radical (unpaired) electrons. The summed E-state index contributed by atoms with van der Waals surface area (Å²) >= 11 is 0. The maximum absolute atomic E-state index is 12.2. The van der Waals surface area contributed by atoms with Crippen LogP contribution in [-0.4, -0.2) is 35.8 Å². The molecule has 4 aromatic carbocycles. The minimum Gasteiger partial charge on any atom is -0.545 e. The molecule has 296 valence electrons. The zero-order chi connectivity index (χ0) is 42.1. The molecular formula is C32H14F18O4Sn. The van der Waals surface area contributed by atoms with Gasteiger partial charge in [-0.1, -0.05) is 60.7 Å². The Morgan fingerprint density at radius 3 is 0.709 bits per heavy atom. The quantitative estimate of drug-likeness (QED) is 0.149. The molecule has 0 amide bonds. The van der Waals surface area contributed by atoms with Crippen molar-refractivity contribution in [3.8, 4) is 0 Å². The first-order chi connectivity index (χ1) is 24.2. The van der Waals surface area contributed by atoms with Crippen LogP contribution in [0.15, 0.2) is 84.9 Å². The van der Waals surface area contributed by atoms with Crippen molar-refractivity contribution in [1.82, 2.24) is 0 Å². The van der Waals surface area contributed by atoms with Gasteiger partial charge in [0, 0.05) is 12.1 Å². The molecule has 0 unspecified atom stereocenters. The Kier molecular flexibility index (Phi) is 17.7. The predicted octanol–water partition coefficient (Wildman–Crippen LogP) is 8.81. The summed E-state index contributed by atoms with van der Waals surface area (Å²) in [6.45, 7) is 0. The van der Waals surface area contributed by atoms with Crippen molar-refractivity contribution in [2.75, 3.05) is 0 Å². The van der Waals surface area contributed by atoms with Crippen molar-refractivity contribution in [2.45, 2.75) is 37.1 Å². The standard InChI is InChI=1S/2C9H2F9.2C7H6O2.Sn/c2*10-7(11,12)4-1-5(8(13,14)15)3-6(2-4)9(16,17)18;2*8-7(9)6-4-2-1-3-5-6;/h2*1-2H;2*1-5H,(H,8,9);/q;;;;+2/p-2. The summed E-state index contributed by atoms with van der Waals surface area (Å²) in [6.07, 6.45) is -32.0. The van der Waals surface area contributed by atoms with E-state index in [2.05, 4.69) is 0 Å². The fourth-order valence-electron chi connectivity index (χ4n) is 3.23. The summed E-state index contributed by atoms with van der Waals surface area (Å²) < 4.78 is 219. The normalized spacial score (nSPS) is 12.0. The van der Waals surface area contributed by atoms with Crippen molar-refractivity contribution in [3.05, 3.63) is 142 Å². The number of hydrogen-bond donors (Lipinski definition) is 0. The van der Waals surface area contributed by atoms with Gasteiger partial charge in [-0.3, -0.25) is 0 Å². The first-order valence-electron chi connectivity index (χ1n) is 13.3. The van der Waals surface area contributed by atoms with E-state index in [0.717, 1.165) is 12.1 Å². The third kappa shape index (κ3) is 17.6. The molecule has 0 aliphatic carbocycles. The van der Waals surface area contributed by atoms with Crippen LogP contribution in [0.5, 0.6) is 0 Å². The molecular weight excluding hydrogens is 909 g/mol. The second-order valence-corrected chi connectivity index (χ2v) is 9.69. The number of halogens is 18. The largest absolute Gasteiger partial charge is 2.00 e. The van der Waals surface area contributed by atoms with Crippen LogP contribution in [0.25, 0.3) is 0 Å². The Labute approximate surface area is 313 Å². The Balaban J connectivity index is 0.000000737. The van der Waals surface area contributed by atoms with Gasteiger partial charge in [0.05, 0.1) is 45.3 Å². The fraction of sp³-hybridized carbons (Fsp3) is 0.188. The van der Waals surface area contributed by atoms with Crippen LogP contribution < -0.4 is 10.2 Å². The second kappa shape index (κ2) is 19.3. The summed E-state index contributed by atoms with van der Waals surface area (Å²) in [5.41, 5.74) is -12.1. The number of hydrogen-bond acceptors (Lipinski definition) is 4. The minimum absolute atomic E-state index is 0. The van der Waals surface area contributed by atoms with Crippen molar-refractivity contribution in [3.63, 3.8) is 0 Å². The summed E-state index contributed by atoms with van der Waals surface area (Å²) in [4.78, 5) is 20.2. The van der Waals surface area contributed by atoms with E-state index in [1.807, 2.05) is 0 Å². The zero-order valence-corrected chi connectivity index (χ0v) is 28.9. The first kappa shape index (κ1) is 50.4. The summed E-state index contributed by atoms with van der Waals surface area (Å²) in [5.74, 6) is -2.26. The fourth-order valence-corrected chi connectivity index (χ4v) is 3.23. The van der Waals surface area contributed by atoms with Crippen LogP contribution >= 0.6 is 0 Å². The van der Waals surface area contributed by atoms with Crippen LogP contribution in [0.2, 0.25) is 0 Å². The molecule has 4 aromatic rings. The molecule has 0 bridgehead atoms. The molecule has 4 rings (SSSR count). The van der Waals surface area contributed by atoms with Crippen molar-refractivity contribution in [1.29, 1.82) is 0 Å². The van der Waals surface area contributed by atoms with E-state index in [-0.39, 0.29) is 35.0 Å². The molecule has 0 aliphatic heterocycles. The predicted molar refractivity (Wildman–Crippen MR) is 148 cm³/mol. The minimum atomic E-state index is -5.35. The van der Waals surface area contributed by atoms with Crippen LogP contribution in [0.1, 0.15) is 54.1 Å². The second-order valence-electron chi connectivity index (χ2n) is 9.69. The average Bonchev–Trinajstić information content (AvgIpc) is 3.03. The smallest absolute Gasteiger partial charge is 0.545 e. The third-order valence-electron chi connectivity index (χ3n) is 5.63. The van der Waals surface area contributed by atoms with E-state index in [0.29, 0.717) is 0 Å². The Morgan fingerprint density at radius 1 is 0.382 bits per heavy atom. The summed E-state index contributed by atoms with van der Waals surface area (Å²) in [6, 6.07) is 16.2. The van der Waals surface area contributed by atoms with Gasteiger partial charge in [0.1, 0.15) is 0 Å². The van der Waals surface area contributed by atoms with Gasteiger partial charge >= 0.3 is 61.0 Å². The van der Waals surface area contributed by atoms with Crippen LogP contribution in [-0.2, 0) is 37.1 Å². The molecule has 55 heavy (non-hydrogen) atoms. The van der Waals surface area contributed by atoms with Crippen LogP contribution in [0, 0.1) is 12.1 Å². The van der Waals surface area contributed by atoms with Crippen molar-refractivity contribution < 1.29 is 98.8 Å². The molecule has 0 spiro atoms. The number of carbonyl (C=O) groups excluding carboxylic acids is 2. The Bertz CT molecular complexity index is 1530. The maximum Gasteiger partial charge on any atom is 2.00 e. The monoisotopic (exact) mass is 924 g/mol. The summed E-state index contributed by atoms with van der Waals surface area (Å²) in [7, 11) is 0. The molecule has 0 saturated carbocycles. The van der Waals surface area contributed by atoms with Gasteiger partial charge in [-0.2, -0.15) is 79.0 Å². The number of benzene rings is 4. The van der Waals surface area contributed by atoms with Gasteiger partial charge in [0.25, 0.3) is 0 Å². The van der Waals surface area contributed by atoms with Crippen LogP contribution in [0.3, 0.4) is 0 Å². The van der Waals surface area contributed by atoms with E-state index in [4.69, 9.17) is 0 Å². The zero-order valence-electron chi connectivity index (χ0n) is 26.0. The van der Waals surface area contributed by atoms with Crippen LogP contribution in [0.4, 0.5) is 79.0 Å². The third-order valence-corrected chi connectivity index (χ3v) is 5.63. The number of rotatable bonds is 2. The molecule has 0 N–H and O–H groups in total. The van der Waals surface area contributed by atoms with Gasteiger partial charge in [0.15, 0.2) is 0 Å². The first-order valence-corrected chi connectivity index (χ1v) is 13.3. The average molecular weight is 923 g/mol. The number of carboxylic acid groups (broad SMARTS) is 2. The number of alkyl halides is 18. The van der Waals surface area contributed by atoms with Gasteiger partial charge in [0.2, 0.25) is 0 Å². The van der Waals surface area contributed by atoms with Gasteiger partial charge < -0.3 is 19.8 Å². The molecule has 4 nitrogen and oxygen atoms in total. The molecule has 0 fully saturated rings.